The molecule has 33 heavy (non-hydrogen) atoms. The zero-order chi connectivity index (χ0) is 25.0. The molecule has 1 atom stereocenters. The third-order valence-electron chi connectivity index (χ3n) is 4.74. The summed E-state index contributed by atoms with van der Waals surface area (Å²) in [7, 11) is -3.77. The van der Waals surface area contributed by atoms with Crippen molar-refractivity contribution in [2.45, 2.75) is 45.8 Å². The van der Waals surface area contributed by atoms with Gasteiger partial charge in [-0.25, -0.2) is 8.42 Å². The largest absolute Gasteiger partial charge is 0.350 e. The van der Waals surface area contributed by atoms with E-state index in [-0.39, 0.29) is 12.5 Å². The van der Waals surface area contributed by atoms with E-state index >= 15 is 0 Å². The Morgan fingerprint density at radius 1 is 1.06 bits per heavy atom. The van der Waals surface area contributed by atoms with Crippen LogP contribution in [0.1, 0.15) is 33.3 Å². The topological polar surface area (TPSA) is 86.8 Å². The molecule has 180 valence electrons. The number of sulfonamides is 1. The maximum atomic E-state index is 13.4. The molecule has 0 radical (unpaired) electrons. The lowest BCUT2D eigenvalue weighted by Crippen LogP contribution is -2.54. The summed E-state index contributed by atoms with van der Waals surface area (Å²) in [6, 6.07) is 12.3. The number of nitrogens with zero attached hydrogens (tertiary/aromatic N) is 2. The Kier molecular flexibility index (Phi) is 8.79. The SMILES string of the molecule is C[C@H](C(=O)NC(C)(C)C)N(Cc1ccc(Cl)cc1Cl)C(=O)CN(c1ccccc1)S(C)(=O)=O. The van der Waals surface area contributed by atoms with E-state index in [2.05, 4.69) is 5.32 Å². The minimum absolute atomic E-state index is 0.0000430. The number of anilines is 1. The summed E-state index contributed by atoms with van der Waals surface area (Å²) >= 11 is 12.3. The van der Waals surface area contributed by atoms with Crippen LogP contribution in [0.3, 0.4) is 0 Å². The number of para-hydroxylation sites is 1. The maximum Gasteiger partial charge on any atom is 0.244 e. The lowest BCUT2D eigenvalue weighted by atomic mass is 10.1. The first kappa shape index (κ1) is 27.0. The summed E-state index contributed by atoms with van der Waals surface area (Å²) in [5.74, 6) is -0.918. The van der Waals surface area contributed by atoms with Crippen LogP contribution >= 0.6 is 23.2 Å². The molecule has 1 N–H and O–H groups in total. The third-order valence-corrected chi connectivity index (χ3v) is 6.47. The average Bonchev–Trinajstić information content (AvgIpc) is 2.69. The highest BCUT2D eigenvalue weighted by molar-refractivity contribution is 7.92. The van der Waals surface area contributed by atoms with Crippen LogP contribution in [0.15, 0.2) is 48.5 Å². The summed E-state index contributed by atoms with van der Waals surface area (Å²) in [6.07, 6.45) is 1.03. The summed E-state index contributed by atoms with van der Waals surface area (Å²) in [6.45, 7) is 6.62. The highest BCUT2D eigenvalue weighted by atomic mass is 35.5. The van der Waals surface area contributed by atoms with E-state index in [9.17, 15) is 18.0 Å². The Balaban J connectivity index is 2.42. The van der Waals surface area contributed by atoms with Gasteiger partial charge in [-0.3, -0.25) is 13.9 Å². The van der Waals surface area contributed by atoms with E-state index in [0.29, 0.717) is 21.3 Å². The second-order valence-electron chi connectivity index (χ2n) is 8.78. The number of nitrogens with one attached hydrogen (secondary N) is 1. The van der Waals surface area contributed by atoms with Gasteiger partial charge in [-0.15, -0.1) is 0 Å². The smallest absolute Gasteiger partial charge is 0.244 e. The van der Waals surface area contributed by atoms with Gasteiger partial charge in [0.2, 0.25) is 21.8 Å². The van der Waals surface area contributed by atoms with Gasteiger partial charge in [-0.2, -0.15) is 0 Å². The standard InChI is InChI=1S/C23H29Cl2N3O4S/c1-16(22(30)26-23(2,3)4)27(14-17-11-12-18(24)13-20(17)25)21(29)15-28(33(5,31)32)19-9-7-6-8-10-19/h6-13,16H,14-15H2,1-5H3,(H,26,30)/t16-/m1/s1. The molecule has 0 unspecified atom stereocenters. The Hall–Kier alpha value is -2.29. The van der Waals surface area contributed by atoms with Crippen molar-refractivity contribution in [3.05, 3.63) is 64.1 Å². The molecule has 0 aliphatic rings. The summed E-state index contributed by atoms with van der Waals surface area (Å²) in [5, 5.41) is 3.64. The van der Waals surface area contributed by atoms with Gasteiger partial charge in [-0.1, -0.05) is 47.5 Å². The first-order chi connectivity index (χ1) is 15.2. The molecule has 2 aromatic rings. The lowest BCUT2D eigenvalue weighted by Gasteiger charge is -2.33. The summed E-state index contributed by atoms with van der Waals surface area (Å²) in [5.41, 5.74) is 0.418. The second-order valence-corrected chi connectivity index (χ2v) is 11.5. The molecule has 0 aliphatic heterocycles. The molecular formula is C23H29Cl2N3O4S. The molecule has 0 saturated heterocycles. The monoisotopic (exact) mass is 513 g/mol. The molecule has 0 saturated carbocycles. The molecule has 0 spiro atoms. The van der Waals surface area contributed by atoms with Gasteiger partial charge in [0.1, 0.15) is 12.6 Å². The molecule has 2 amide bonds. The molecule has 0 aromatic heterocycles. The molecule has 10 heteroatoms. The first-order valence-electron chi connectivity index (χ1n) is 10.3. The fourth-order valence-electron chi connectivity index (χ4n) is 3.10. The molecule has 7 nitrogen and oxygen atoms in total. The van der Waals surface area contributed by atoms with E-state index in [1.54, 1.807) is 55.5 Å². The Labute approximate surface area is 205 Å². The predicted molar refractivity (Wildman–Crippen MR) is 133 cm³/mol. The number of amides is 2. The number of halogens is 2. The van der Waals surface area contributed by atoms with Crippen LogP contribution in [0.2, 0.25) is 10.0 Å². The van der Waals surface area contributed by atoms with Crippen molar-refractivity contribution in [3.8, 4) is 0 Å². The molecule has 0 aliphatic carbocycles. The number of carbonyl (C=O) groups is 2. The fraction of sp³-hybridized carbons (Fsp3) is 0.391. The molecule has 0 heterocycles. The van der Waals surface area contributed by atoms with Gasteiger partial charge < -0.3 is 10.2 Å². The fourth-order valence-corrected chi connectivity index (χ4v) is 4.42. The van der Waals surface area contributed by atoms with Crippen molar-refractivity contribution in [1.29, 1.82) is 0 Å². The van der Waals surface area contributed by atoms with Gasteiger partial charge in [0, 0.05) is 22.1 Å². The first-order valence-corrected chi connectivity index (χ1v) is 12.9. The van der Waals surface area contributed by atoms with Crippen LogP contribution in [0.4, 0.5) is 5.69 Å². The quantitative estimate of drug-likeness (QED) is 0.575. The Bertz CT molecular complexity index is 1100. The maximum absolute atomic E-state index is 13.4. The lowest BCUT2D eigenvalue weighted by molar-refractivity contribution is -0.140. The van der Waals surface area contributed by atoms with Gasteiger partial charge in [-0.05, 0) is 57.5 Å². The van der Waals surface area contributed by atoms with Gasteiger partial charge in [0.15, 0.2) is 0 Å². The van der Waals surface area contributed by atoms with Crippen LogP contribution in [-0.4, -0.2) is 49.5 Å². The van der Waals surface area contributed by atoms with E-state index in [1.807, 2.05) is 20.8 Å². The second kappa shape index (κ2) is 10.8. The Morgan fingerprint density at radius 3 is 2.18 bits per heavy atom. The van der Waals surface area contributed by atoms with Crippen LogP contribution in [0.25, 0.3) is 0 Å². The predicted octanol–water partition coefficient (Wildman–Crippen LogP) is 4.09. The van der Waals surface area contributed by atoms with Crippen molar-refractivity contribution < 1.29 is 18.0 Å². The van der Waals surface area contributed by atoms with Crippen molar-refractivity contribution in [2.24, 2.45) is 0 Å². The zero-order valence-electron chi connectivity index (χ0n) is 19.3. The third kappa shape index (κ3) is 7.91. The number of hydrogen-bond donors (Lipinski definition) is 1. The van der Waals surface area contributed by atoms with Crippen LogP contribution in [0, 0.1) is 0 Å². The zero-order valence-corrected chi connectivity index (χ0v) is 21.6. The van der Waals surface area contributed by atoms with Crippen LogP contribution in [0.5, 0.6) is 0 Å². The van der Waals surface area contributed by atoms with Gasteiger partial charge >= 0.3 is 0 Å². The summed E-state index contributed by atoms with van der Waals surface area (Å²) < 4.78 is 26.0. The molecule has 2 rings (SSSR count). The highest BCUT2D eigenvalue weighted by Gasteiger charge is 2.31. The number of hydrogen-bond acceptors (Lipinski definition) is 4. The normalized spacial score (nSPS) is 12.7. The summed E-state index contributed by atoms with van der Waals surface area (Å²) in [4.78, 5) is 27.7. The van der Waals surface area contributed by atoms with Crippen molar-refractivity contribution in [2.75, 3.05) is 17.1 Å². The Morgan fingerprint density at radius 2 is 1.67 bits per heavy atom. The average molecular weight is 514 g/mol. The van der Waals surface area contributed by atoms with E-state index < -0.39 is 34.1 Å². The number of rotatable bonds is 8. The van der Waals surface area contributed by atoms with Crippen molar-refractivity contribution in [3.63, 3.8) is 0 Å². The van der Waals surface area contributed by atoms with Gasteiger partial charge in [0.25, 0.3) is 0 Å². The highest BCUT2D eigenvalue weighted by Crippen LogP contribution is 2.24. The molecular weight excluding hydrogens is 485 g/mol. The van der Waals surface area contributed by atoms with Crippen molar-refractivity contribution >= 4 is 50.7 Å². The van der Waals surface area contributed by atoms with E-state index in [4.69, 9.17) is 23.2 Å². The van der Waals surface area contributed by atoms with Crippen molar-refractivity contribution in [1.82, 2.24) is 10.2 Å². The minimum Gasteiger partial charge on any atom is -0.350 e. The molecule has 2 aromatic carbocycles. The van der Waals surface area contributed by atoms with Gasteiger partial charge in [0.05, 0.1) is 11.9 Å². The van der Waals surface area contributed by atoms with E-state index in [0.717, 1.165) is 10.6 Å². The van der Waals surface area contributed by atoms with Crippen LogP contribution < -0.4 is 9.62 Å². The molecule has 0 bridgehead atoms. The minimum atomic E-state index is -3.77. The molecule has 0 fully saturated rings. The number of benzene rings is 2. The number of carbonyl (C=O) groups excluding carboxylic acids is 2. The van der Waals surface area contributed by atoms with Crippen LogP contribution in [-0.2, 0) is 26.2 Å². The van der Waals surface area contributed by atoms with E-state index in [1.165, 1.54) is 4.90 Å².